The van der Waals surface area contributed by atoms with E-state index in [1.54, 1.807) is 4.90 Å². The van der Waals surface area contributed by atoms with Gasteiger partial charge in [0.05, 0.1) is 11.1 Å². The number of ether oxygens (including phenoxy) is 2. The van der Waals surface area contributed by atoms with Crippen molar-refractivity contribution < 1.29 is 28.7 Å². The van der Waals surface area contributed by atoms with Crippen molar-refractivity contribution in [1.29, 1.82) is 0 Å². The molecule has 0 unspecified atom stereocenters. The predicted molar refractivity (Wildman–Crippen MR) is 177 cm³/mol. The molecule has 5 rings (SSSR count). The summed E-state index contributed by atoms with van der Waals surface area (Å²) in [6.45, 7) is 6.07. The molecule has 0 radical (unpaired) electrons. The molecule has 1 aliphatic rings. The SMILES string of the molecule is C=CC(=O)N1CCC[C@@H](Nc2nnc(C(N)=O)c(Nc3ccc(C(=O)OCc4ccccc4)c(C(=O)OCc4ccccc4)c3)n2)[C@H]1C. The zero-order chi connectivity index (χ0) is 34.0. The Kier molecular flexibility index (Phi) is 10.7. The molecule has 2 amide bonds. The standard InChI is InChI=1S/C35H35N7O6/c1-3-29(43)42-18-10-15-28(22(42)2)38-35-39-32(30(31(36)44)40-41-35)37-25-16-17-26(33(45)47-20-23-11-6-4-7-12-23)27(19-25)34(46)48-21-24-13-8-5-9-14-24/h3-9,11-14,16-17,19,22,28H,1,10,15,18,20-21H2,2H3,(H2,36,44)(H2,37,38,39,41)/t22-,28-/m1/s1. The van der Waals surface area contributed by atoms with Crippen LogP contribution in [0, 0.1) is 0 Å². The van der Waals surface area contributed by atoms with Crippen LogP contribution in [0.1, 0.15) is 62.1 Å². The summed E-state index contributed by atoms with van der Waals surface area (Å²) < 4.78 is 11.1. The van der Waals surface area contributed by atoms with Crippen LogP contribution in [0.5, 0.6) is 0 Å². The van der Waals surface area contributed by atoms with Crippen molar-refractivity contribution in [3.8, 4) is 0 Å². The van der Waals surface area contributed by atoms with E-state index in [1.807, 2.05) is 67.6 Å². The zero-order valence-electron chi connectivity index (χ0n) is 26.3. The number of rotatable bonds is 12. The van der Waals surface area contributed by atoms with Gasteiger partial charge in [0.15, 0.2) is 11.5 Å². The van der Waals surface area contributed by atoms with E-state index in [-0.39, 0.29) is 65.5 Å². The fraction of sp³-hybridized carbons (Fsp3) is 0.229. The molecule has 0 saturated carbocycles. The van der Waals surface area contributed by atoms with E-state index in [0.29, 0.717) is 6.54 Å². The fourth-order valence-electron chi connectivity index (χ4n) is 5.28. The summed E-state index contributed by atoms with van der Waals surface area (Å²) in [7, 11) is 0. The van der Waals surface area contributed by atoms with Gasteiger partial charge in [-0.05, 0) is 55.2 Å². The molecule has 4 N–H and O–H groups in total. The van der Waals surface area contributed by atoms with Gasteiger partial charge in [0.1, 0.15) is 13.2 Å². The molecule has 246 valence electrons. The minimum absolute atomic E-state index is 0.00164. The number of carbonyl (C=O) groups excluding carboxylic acids is 4. The summed E-state index contributed by atoms with van der Waals surface area (Å²) in [4.78, 5) is 57.3. The number of nitrogens with one attached hydrogen (secondary N) is 2. The Hall–Kier alpha value is -6.11. The molecular weight excluding hydrogens is 614 g/mol. The fourth-order valence-corrected chi connectivity index (χ4v) is 5.28. The van der Waals surface area contributed by atoms with Gasteiger partial charge in [-0.25, -0.2) is 9.59 Å². The summed E-state index contributed by atoms with van der Waals surface area (Å²) in [5, 5.41) is 14.2. The third-order valence-corrected chi connectivity index (χ3v) is 7.83. The molecule has 3 aromatic carbocycles. The van der Waals surface area contributed by atoms with Crippen molar-refractivity contribution in [3.05, 3.63) is 119 Å². The molecule has 2 atom stereocenters. The number of nitrogens with two attached hydrogens (primary N) is 1. The number of aromatic nitrogens is 3. The highest BCUT2D eigenvalue weighted by Crippen LogP contribution is 2.25. The van der Waals surface area contributed by atoms with Crippen molar-refractivity contribution in [2.75, 3.05) is 17.2 Å². The molecular formula is C35H35N7O6. The maximum Gasteiger partial charge on any atom is 0.339 e. The number of piperidine rings is 1. The van der Waals surface area contributed by atoms with Gasteiger partial charge in [0.25, 0.3) is 5.91 Å². The van der Waals surface area contributed by atoms with Gasteiger partial charge in [-0.3, -0.25) is 9.59 Å². The third kappa shape index (κ3) is 8.18. The average molecular weight is 650 g/mol. The minimum Gasteiger partial charge on any atom is -0.457 e. The van der Waals surface area contributed by atoms with Crippen molar-refractivity contribution in [2.24, 2.45) is 5.73 Å². The van der Waals surface area contributed by atoms with Crippen LogP contribution in [0.4, 0.5) is 17.5 Å². The number of benzene rings is 3. The van der Waals surface area contributed by atoms with Gasteiger partial charge in [-0.15, -0.1) is 10.2 Å². The van der Waals surface area contributed by atoms with Gasteiger partial charge in [-0.2, -0.15) is 4.98 Å². The molecule has 1 fully saturated rings. The molecule has 0 bridgehead atoms. The minimum atomic E-state index is -0.888. The number of esters is 2. The molecule has 48 heavy (non-hydrogen) atoms. The molecule has 0 spiro atoms. The van der Waals surface area contributed by atoms with E-state index in [0.717, 1.165) is 24.0 Å². The second-order valence-corrected chi connectivity index (χ2v) is 11.1. The molecule has 2 heterocycles. The first-order chi connectivity index (χ1) is 23.2. The zero-order valence-corrected chi connectivity index (χ0v) is 26.3. The maximum atomic E-state index is 13.4. The Labute approximate surface area is 277 Å². The Morgan fingerprint density at radius 3 is 2.15 bits per heavy atom. The Bertz CT molecular complexity index is 1800. The van der Waals surface area contributed by atoms with Gasteiger partial charge in [-0.1, -0.05) is 67.2 Å². The predicted octanol–water partition coefficient (Wildman–Crippen LogP) is 4.41. The van der Waals surface area contributed by atoms with Crippen LogP contribution in [-0.2, 0) is 27.5 Å². The van der Waals surface area contributed by atoms with E-state index < -0.39 is 17.8 Å². The summed E-state index contributed by atoms with van der Waals surface area (Å²) in [5.41, 5.74) is 7.06. The number of hydrogen-bond donors (Lipinski definition) is 3. The van der Waals surface area contributed by atoms with Gasteiger partial charge in [0.2, 0.25) is 11.9 Å². The highest BCUT2D eigenvalue weighted by molar-refractivity contribution is 6.04. The van der Waals surface area contributed by atoms with Crippen LogP contribution < -0.4 is 16.4 Å². The number of nitrogens with zero attached hydrogens (tertiary/aromatic N) is 4. The maximum absolute atomic E-state index is 13.4. The Balaban J connectivity index is 1.41. The summed E-state index contributed by atoms with van der Waals surface area (Å²) >= 11 is 0. The molecule has 1 saturated heterocycles. The number of hydrogen-bond acceptors (Lipinski definition) is 11. The van der Waals surface area contributed by atoms with Gasteiger partial charge < -0.3 is 30.7 Å². The Morgan fingerprint density at radius 1 is 0.917 bits per heavy atom. The lowest BCUT2D eigenvalue weighted by molar-refractivity contribution is -0.129. The smallest absolute Gasteiger partial charge is 0.339 e. The van der Waals surface area contributed by atoms with Crippen LogP contribution in [0.3, 0.4) is 0 Å². The molecule has 0 aliphatic carbocycles. The molecule has 13 heteroatoms. The van der Waals surface area contributed by atoms with E-state index >= 15 is 0 Å². The Morgan fingerprint density at radius 2 is 1.54 bits per heavy atom. The summed E-state index contributed by atoms with van der Waals surface area (Å²) in [5.74, 6) is -2.50. The third-order valence-electron chi connectivity index (χ3n) is 7.83. The molecule has 1 aromatic heterocycles. The lowest BCUT2D eigenvalue weighted by Gasteiger charge is -2.39. The summed E-state index contributed by atoms with van der Waals surface area (Å²) in [6.07, 6.45) is 2.77. The van der Waals surface area contributed by atoms with Crippen LogP contribution in [0.2, 0.25) is 0 Å². The van der Waals surface area contributed by atoms with Crippen LogP contribution >= 0.6 is 0 Å². The van der Waals surface area contributed by atoms with Crippen LogP contribution in [0.15, 0.2) is 91.5 Å². The van der Waals surface area contributed by atoms with E-state index in [4.69, 9.17) is 15.2 Å². The number of likely N-dealkylation sites (tertiary alicyclic amines) is 1. The second kappa shape index (κ2) is 15.5. The monoisotopic (exact) mass is 649 g/mol. The van der Waals surface area contributed by atoms with Gasteiger partial charge >= 0.3 is 11.9 Å². The number of primary amides is 1. The van der Waals surface area contributed by atoms with Crippen molar-refractivity contribution >= 4 is 41.2 Å². The van der Waals surface area contributed by atoms with Crippen molar-refractivity contribution in [3.63, 3.8) is 0 Å². The summed E-state index contributed by atoms with van der Waals surface area (Å²) in [6, 6.07) is 22.2. The second-order valence-electron chi connectivity index (χ2n) is 11.1. The first-order valence-corrected chi connectivity index (χ1v) is 15.3. The highest BCUT2D eigenvalue weighted by atomic mass is 16.5. The number of amides is 2. The number of anilines is 3. The van der Waals surface area contributed by atoms with E-state index in [9.17, 15) is 19.2 Å². The first kappa shape index (κ1) is 33.3. The topological polar surface area (TPSA) is 179 Å². The van der Waals surface area contributed by atoms with Crippen molar-refractivity contribution in [1.82, 2.24) is 20.1 Å². The molecule has 1 aliphatic heterocycles. The van der Waals surface area contributed by atoms with Crippen molar-refractivity contribution in [2.45, 2.75) is 45.1 Å². The largest absolute Gasteiger partial charge is 0.457 e. The first-order valence-electron chi connectivity index (χ1n) is 15.3. The number of carbonyl (C=O) groups is 4. The highest BCUT2D eigenvalue weighted by Gasteiger charge is 2.31. The van der Waals surface area contributed by atoms with E-state index in [2.05, 4.69) is 32.4 Å². The van der Waals surface area contributed by atoms with Gasteiger partial charge in [0, 0.05) is 24.3 Å². The van der Waals surface area contributed by atoms with Crippen LogP contribution in [-0.4, -0.2) is 62.5 Å². The lowest BCUT2D eigenvalue weighted by Crippen LogP contribution is -2.51. The van der Waals surface area contributed by atoms with Crippen LogP contribution in [0.25, 0.3) is 0 Å². The average Bonchev–Trinajstić information content (AvgIpc) is 3.11. The van der Waals surface area contributed by atoms with E-state index in [1.165, 1.54) is 24.3 Å². The normalized spacial score (nSPS) is 15.6. The molecule has 13 nitrogen and oxygen atoms in total. The lowest BCUT2D eigenvalue weighted by atomic mass is 9.97. The molecule has 4 aromatic rings. The quantitative estimate of drug-likeness (QED) is 0.146.